The molecular formula is C15H18ClN3O2. The van der Waals surface area contributed by atoms with Gasteiger partial charge in [0.05, 0.1) is 25.8 Å². The first kappa shape index (κ1) is 15.4. The molecule has 2 aromatic rings. The summed E-state index contributed by atoms with van der Waals surface area (Å²) in [6, 6.07) is 10.4. The van der Waals surface area contributed by atoms with E-state index in [0.717, 1.165) is 11.1 Å². The molecule has 0 aliphatic carbocycles. The average Bonchev–Trinajstić information content (AvgIpc) is 2.49. The Hall–Kier alpha value is -1.95. The largest absolute Gasteiger partial charge is 0.496 e. The predicted octanol–water partition coefficient (Wildman–Crippen LogP) is 2.49. The molecule has 0 heterocycles. The van der Waals surface area contributed by atoms with E-state index in [1.54, 1.807) is 26.4 Å². The van der Waals surface area contributed by atoms with Gasteiger partial charge in [-0.05, 0) is 29.8 Å². The third-order valence-electron chi connectivity index (χ3n) is 3.28. The molecule has 112 valence electrons. The smallest absolute Gasteiger partial charge is 0.127 e. The highest BCUT2D eigenvalue weighted by Gasteiger charge is 2.23. The molecule has 0 fully saturated rings. The molecule has 0 amide bonds. The summed E-state index contributed by atoms with van der Waals surface area (Å²) in [5.74, 6) is 7.06. The van der Waals surface area contributed by atoms with Gasteiger partial charge in [-0.15, -0.1) is 0 Å². The number of benzene rings is 2. The maximum absolute atomic E-state index is 6.06. The van der Waals surface area contributed by atoms with Crippen LogP contribution in [0.1, 0.15) is 17.2 Å². The summed E-state index contributed by atoms with van der Waals surface area (Å²) in [5.41, 5.74) is 10.9. The Bertz CT molecular complexity index is 612. The van der Waals surface area contributed by atoms with E-state index in [0.29, 0.717) is 22.2 Å². The Morgan fingerprint density at radius 3 is 2.19 bits per heavy atom. The number of hydrogen-bond donors (Lipinski definition) is 3. The summed E-state index contributed by atoms with van der Waals surface area (Å²) in [6.45, 7) is 0. The van der Waals surface area contributed by atoms with Gasteiger partial charge in [-0.2, -0.15) is 0 Å². The van der Waals surface area contributed by atoms with Crippen LogP contribution in [0.15, 0.2) is 36.4 Å². The molecule has 6 heteroatoms. The van der Waals surface area contributed by atoms with Crippen molar-refractivity contribution in [1.82, 2.24) is 5.43 Å². The van der Waals surface area contributed by atoms with E-state index in [2.05, 4.69) is 5.43 Å². The highest BCUT2D eigenvalue weighted by Crippen LogP contribution is 2.39. The molecule has 0 spiro atoms. The van der Waals surface area contributed by atoms with Gasteiger partial charge in [0.2, 0.25) is 0 Å². The van der Waals surface area contributed by atoms with Gasteiger partial charge in [-0.25, -0.2) is 5.43 Å². The topological polar surface area (TPSA) is 82.5 Å². The first-order valence-corrected chi connectivity index (χ1v) is 6.72. The minimum Gasteiger partial charge on any atom is -0.496 e. The summed E-state index contributed by atoms with van der Waals surface area (Å²) < 4.78 is 10.8. The monoisotopic (exact) mass is 307 g/mol. The van der Waals surface area contributed by atoms with Crippen molar-refractivity contribution >= 4 is 17.3 Å². The quantitative estimate of drug-likeness (QED) is 0.449. The Kier molecular flexibility index (Phi) is 4.90. The molecule has 2 rings (SSSR count). The van der Waals surface area contributed by atoms with Crippen LogP contribution in [0.3, 0.4) is 0 Å². The Morgan fingerprint density at radius 2 is 1.71 bits per heavy atom. The van der Waals surface area contributed by atoms with Crippen molar-refractivity contribution in [3.63, 3.8) is 0 Å². The molecule has 21 heavy (non-hydrogen) atoms. The van der Waals surface area contributed by atoms with Gasteiger partial charge < -0.3 is 15.2 Å². The highest BCUT2D eigenvalue weighted by molar-refractivity contribution is 6.30. The molecule has 0 bridgehead atoms. The number of hydrogen-bond acceptors (Lipinski definition) is 5. The van der Waals surface area contributed by atoms with Crippen molar-refractivity contribution < 1.29 is 9.47 Å². The first-order valence-electron chi connectivity index (χ1n) is 6.34. The second-order valence-corrected chi connectivity index (χ2v) is 4.89. The van der Waals surface area contributed by atoms with Gasteiger partial charge in [0.15, 0.2) is 0 Å². The van der Waals surface area contributed by atoms with E-state index < -0.39 is 0 Å². The van der Waals surface area contributed by atoms with Crippen molar-refractivity contribution in [2.45, 2.75) is 6.04 Å². The zero-order valence-corrected chi connectivity index (χ0v) is 12.6. The standard InChI is InChI=1S/C15H18ClN3O2/c1-20-12-4-3-5-13(21-2)14(12)15(19-18)10-7-6-9(16)8-11(10)17/h3-8,15,19H,17-18H2,1-2H3. The van der Waals surface area contributed by atoms with Crippen LogP contribution in [0.2, 0.25) is 5.02 Å². The number of nitrogens with one attached hydrogen (secondary N) is 1. The number of nitrogen functional groups attached to an aromatic ring is 1. The lowest BCUT2D eigenvalue weighted by molar-refractivity contribution is 0.377. The number of anilines is 1. The molecule has 5 nitrogen and oxygen atoms in total. The minimum absolute atomic E-state index is 0.381. The SMILES string of the molecule is COc1cccc(OC)c1C(NN)c1ccc(Cl)cc1N. The molecule has 5 N–H and O–H groups in total. The summed E-state index contributed by atoms with van der Waals surface area (Å²) in [5, 5.41) is 0.569. The first-order chi connectivity index (χ1) is 10.1. The Morgan fingerprint density at radius 1 is 1.10 bits per heavy atom. The van der Waals surface area contributed by atoms with Crippen LogP contribution in [0, 0.1) is 0 Å². The number of nitrogens with two attached hydrogens (primary N) is 2. The summed E-state index contributed by atoms with van der Waals surface area (Å²) in [4.78, 5) is 0. The zero-order chi connectivity index (χ0) is 15.4. The Balaban J connectivity index is 2.61. The maximum Gasteiger partial charge on any atom is 0.127 e. The van der Waals surface area contributed by atoms with Crippen LogP contribution in [-0.4, -0.2) is 14.2 Å². The van der Waals surface area contributed by atoms with E-state index in [-0.39, 0.29) is 6.04 Å². The lowest BCUT2D eigenvalue weighted by Crippen LogP contribution is -2.30. The van der Waals surface area contributed by atoms with Crippen LogP contribution >= 0.6 is 11.6 Å². The van der Waals surface area contributed by atoms with E-state index in [1.807, 2.05) is 24.3 Å². The van der Waals surface area contributed by atoms with Crippen LogP contribution in [-0.2, 0) is 0 Å². The molecule has 0 saturated carbocycles. The van der Waals surface area contributed by atoms with E-state index >= 15 is 0 Å². The molecular weight excluding hydrogens is 290 g/mol. The molecule has 0 radical (unpaired) electrons. The summed E-state index contributed by atoms with van der Waals surface area (Å²) in [6.07, 6.45) is 0. The lowest BCUT2D eigenvalue weighted by Gasteiger charge is -2.23. The third-order valence-corrected chi connectivity index (χ3v) is 3.52. The second kappa shape index (κ2) is 6.67. The lowest BCUT2D eigenvalue weighted by atomic mass is 9.96. The van der Waals surface area contributed by atoms with Gasteiger partial charge in [-0.3, -0.25) is 5.84 Å². The molecule has 2 aromatic carbocycles. The normalized spacial score (nSPS) is 12.0. The fraction of sp³-hybridized carbons (Fsp3) is 0.200. The number of halogens is 1. The molecule has 0 aromatic heterocycles. The zero-order valence-electron chi connectivity index (χ0n) is 11.9. The van der Waals surface area contributed by atoms with Gasteiger partial charge in [0.1, 0.15) is 11.5 Å². The van der Waals surface area contributed by atoms with Crippen molar-refractivity contribution in [2.24, 2.45) is 5.84 Å². The second-order valence-electron chi connectivity index (χ2n) is 4.45. The number of ether oxygens (including phenoxy) is 2. The number of methoxy groups -OCH3 is 2. The van der Waals surface area contributed by atoms with Crippen LogP contribution in [0.5, 0.6) is 11.5 Å². The van der Waals surface area contributed by atoms with Gasteiger partial charge in [0.25, 0.3) is 0 Å². The molecule has 1 unspecified atom stereocenters. The third kappa shape index (κ3) is 3.05. The summed E-state index contributed by atoms with van der Waals surface area (Å²) in [7, 11) is 3.19. The van der Waals surface area contributed by atoms with Crippen molar-refractivity contribution in [1.29, 1.82) is 0 Å². The van der Waals surface area contributed by atoms with E-state index in [4.69, 9.17) is 32.7 Å². The van der Waals surface area contributed by atoms with Crippen molar-refractivity contribution in [3.8, 4) is 11.5 Å². The fourth-order valence-electron chi connectivity index (χ4n) is 2.30. The van der Waals surface area contributed by atoms with Crippen molar-refractivity contribution in [2.75, 3.05) is 20.0 Å². The van der Waals surface area contributed by atoms with Gasteiger partial charge in [-0.1, -0.05) is 23.7 Å². The minimum atomic E-state index is -0.381. The van der Waals surface area contributed by atoms with Crippen LogP contribution < -0.4 is 26.5 Å². The van der Waals surface area contributed by atoms with Gasteiger partial charge in [0, 0.05) is 10.7 Å². The van der Waals surface area contributed by atoms with Gasteiger partial charge >= 0.3 is 0 Å². The number of hydrazine groups is 1. The van der Waals surface area contributed by atoms with Crippen LogP contribution in [0.4, 0.5) is 5.69 Å². The molecule has 0 saturated heterocycles. The predicted molar refractivity (Wildman–Crippen MR) is 84.6 cm³/mol. The maximum atomic E-state index is 6.06. The van der Waals surface area contributed by atoms with E-state index in [1.165, 1.54) is 0 Å². The fourth-order valence-corrected chi connectivity index (χ4v) is 2.48. The summed E-state index contributed by atoms with van der Waals surface area (Å²) >= 11 is 5.95. The van der Waals surface area contributed by atoms with Crippen molar-refractivity contribution in [3.05, 3.63) is 52.5 Å². The van der Waals surface area contributed by atoms with Crippen LogP contribution in [0.25, 0.3) is 0 Å². The molecule has 1 atom stereocenters. The molecule has 0 aliphatic heterocycles. The highest BCUT2D eigenvalue weighted by atomic mass is 35.5. The number of rotatable bonds is 5. The Labute approximate surface area is 128 Å². The molecule has 0 aliphatic rings. The van der Waals surface area contributed by atoms with E-state index in [9.17, 15) is 0 Å². The average molecular weight is 308 g/mol.